The second-order valence-corrected chi connectivity index (χ2v) is 5.22. The van der Waals surface area contributed by atoms with Gasteiger partial charge in [0.25, 0.3) is 0 Å². The van der Waals surface area contributed by atoms with E-state index in [1.54, 1.807) is 6.20 Å². The number of halogens is 2. The van der Waals surface area contributed by atoms with Crippen molar-refractivity contribution in [2.75, 3.05) is 5.32 Å². The molecule has 0 unspecified atom stereocenters. The van der Waals surface area contributed by atoms with Crippen LogP contribution >= 0.6 is 36.2 Å². The number of hydrogen-bond acceptors (Lipinski definition) is 6. The van der Waals surface area contributed by atoms with Gasteiger partial charge in [0.15, 0.2) is 5.01 Å². The molecule has 0 bridgehead atoms. The molecule has 9 heteroatoms. The molecule has 3 rings (SSSR count). The molecule has 6 nitrogen and oxygen atoms in total. The Balaban J connectivity index is 0.000001000. The van der Waals surface area contributed by atoms with Crippen LogP contribution in [0.3, 0.4) is 0 Å². The number of rotatable bonds is 3. The maximum Gasteiger partial charge on any atom is 0.246 e. The minimum Gasteiger partial charge on any atom is -0.317 e. The van der Waals surface area contributed by atoms with Crippen molar-refractivity contribution in [1.82, 2.24) is 15.2 Å². The zero-order valence-electron chi connectivity index (χ0n) is 10.3. The molecule has 1 aliphatic carbocycles. The first-order valence-electron chi connectivity index (χ1n) is 5.53. The van der Waals surface area contributed by atoms with Gasteiger partial charge in [-0.2, -0.15) is 0 Å². The van der Waals surface area contributed by atoms with E-state index in [1.807, 2.05) is 18.2 Å². The number of carbonyl (C=O) groups excluding carboxylic acids is 1. The third-order valence-corrected chi connectivity index (χ3v) is 3.63. The van der Waals surface area contributed by atoms with Crippen molar-refractivity contribution in [2.24, 2.45) is 5.73 Å². The Bertz CT molecular complexity index is 588. The lowest BCUT2D eigenvalue weighted by molar-refractivity contribution is -0.118. The van der Waals surface area contributed by atoms with Gasteiger partial charge in [-0.05, 0) is 25.0 Å². The predicted molar refractivity (Wildman–Crippen MR) is 82.4 cm³/mol. The number of carbonyl (C=O) groups is 1. The van der Waals surface area contributed by atoms with Crippen molar-refractivity contribution >= 4 is 47.2 Å². The summed E-state index contributed by atoms with van der Waals surface area (Å²) in [4.78, 5) is 15.9. The third-order valence-electron chi connectivity index (χ3n) is 2.77. The molecule has 0 spiro atoms. The van der Waals surface area contributed by atoms with Crippen LogP contribution in [-0.4, -0.2) is 26.6 Å². The van der Waals surface area contributed by atoms with E-state index in [4.69, 9.17) is 5.73 Å². The highest BCUT2D eigenvalue weighted by atomic mass is 35.5. The molecule has 0 saturated heterocycles. The number of aromatic nitrogens is 3. The average Bonchev–Trinajstić information content (AvgIpc) is 2.98. The third kappa shape index (κ3) is 3.43. The van der Waals surface area contributed by atoms with E-state index in [9.17, 15) is 4.79 Å². The van der Waals surface area contributed by atoms with E-state index < -0.39 is 5.54 Å². The number of nitrogens with zero attached hydrogens (tertiary/aromatic N) is 3. The summed E-state index contributed by atoms with van der Waals surface area (Å²) in [5.41, 5.74) is 5.83. The summed E-state index contributed by atoms with van der Waals surface area (Å²) < 4.78 is 0. The van der Waals surface area contributed by atoms with Gasteiger partial charge in [0.1, 0.15) is 5.69 Å². The Kier molecular flexibility index (Phi) is 5.41. The molecule has 0 aliphatic heterocycles. The molecular weight excluding hydrogens is 321 g/mol. The van der Waals surface area contributed by atoms with Crippen molar-refractivity contribution in [3.05, 3.63) is 24.4 Å². The van der Waals surface area contributed by atoms with Gasteiger partial charge in [0, 0.05) is 6.20 Å². The molecule has 0 atom stereocenters. The number of amides is 1. The van der Waals surface area contributed by atoms with Crippen molar-refractivity contribution in [3.8, 4) is 10.7 Å². The highest BCUT2D eigenvalue weighted by Gasteiger charge is 2.46. The fourth-order valence-electron chi connectivity index (χ4n) is 1.45. The monoisotopic (exact) mass is 333 g/mol. The summed E-state index contributed by atoms with van der Waals surface area (Å²) in [5, 5.41) is 11.7. The molecule has 2 heterocycles. The predicted octanol–water partition coefficient (Wildman–Crippen LogP) is 1.87. The molecule has 1 saturated carbocycles. The lowest BCUT2D eigenvalue weighted by Gasteiger charge is -2.05. The number of nitrogens with one attached hydrogen (secondary N) is 1. The minimum atomic E-state index is -0.698. The fraction of sp³-hybridized carbons (Fsp3) is 0.273. The van der Waals surface area contributed by atoms with Gasteiger partial charge >= 0.3 is 0 Å². The molecule has 108 valence electrons. The smallest absolute Gasteiger partial charge is 0.246 e. The number of hydrogen-bond donors (Lipinski definition) is 2. The van der Waals surface area contributed by atoms with Gasteiger partial charge < -0.3 is 5.73 Å². The first-order valence-corrected chi connectivity index (χ1v) is 6.34. The zero-order chi connectivity index (χ0) is 12.6. The first kappa shape index (κ1) is 16.8. The average molecular weight is 334 g/mol. The van der Waals surface area contributed by atoms with Crippen LogP contribution in [0.25, 0.3) is 10.7 Å². The van der Waals surface area contributed by atoms with Crippen molar-refractivity contribution in [3.63, 3.8) is 0 Å². The second kappa shape index (κ2) is 6.45. The van der Waals surface area contributed by atoms with E-state index in [0.717, 1.165) is 18.5 Å². The quantitative estimate of drug-likeness (QED) is 0.894. The summed E-state index contributed by atoms with van der Waals surface area (Å²) in [6.07, 6.45) is 3.14. The lowest BCUT2D eigenvalue weighted by atomic mass is 10.3. The molecule has 3 N–H and O–H groups in total. The molecule has 20 heavy (non-hydrogen) atoms. The van der Waals surface area contributed by atoms with Crippen LogP contribution in [0.5, 0.6) is 0 Å². The molecule has 1 fully saturated rings. The highest BCUT2D eigenvalue weighted by molar-refractivity contribution is 7.18. The summed E-state index contributed by atoms with van der Waals surface area (Å²) in [7, 11) is 0. The first-order chi connectivity index (χ1) is 8.67. The molecule has 1 aliphatic rings. The number of pyridine rings is 1. The van der Waals surface area contributed by atoms with Gasteiger partial charge in [0.2, 0.25) is 11.0 Å². The van der Waals surface area contributed by atoms with Crippen molar-refractivity contribution in [2.45, 2.75) is 18.4 Å². The van der Waals surface area contributed by atoms with Crippen molar-refractivity contribution < 1.29 is 4.79 Å². The molecule has 2 aromatic rings. The van der Waals surface area contributed by atoms with Crippen LogP contribution in [-0.2, 0) is 4.79 Å². The Hall–Kier alpha value is -1.28. The summed E-state index contributed by atoms with van der Waals surface area (Å²) in [5.74, 6) is -0.189. The molecule has 0 aromatic carbocycles. The van der Waals surface area contributed by atoms with Crippen LogP contribution in [0.15, 0.2) is 24.4 Å². The van der Waals surface area contributed by atoms with E-state index in [1.165, 1.54) is 11.3 Å². The van der Waals surface area contributed by atoms with E-state index >= 15 is 0 Å². The Morgan fingerprint density at radius 3 is 2.65 bits per heavy atom. The SMILES string of the molecule is Cl.Cl.NC1(C(=O)Nc2nnc(-c3ccccn3)s2)CC1. The topological polar surface area (TPSA) is 93.8 Å². The van der Waals surface area contributed by atoms with Gasteiger partial charge in [-0.3, -0.25) is 15.1 Å². The molecular formula is C11H13Cl2N5OS. The summed E-state index contributed by atoms with van der Waals surface area (Å²) in [6.45, 7) is 0. The lowest BCUT2D eigenvalue weighted by Crippen LogP contribution is -2.37. The molecule has 2 aromatic heterocycles. The standard InChI is InChI=1S/C11H11N5OS.2ClH/c12-11(4-5-11)9(17)14-10-16-15-8(18-10)7-3-1-2-6-13-7;;/h1-3,6H,4-5,12H2,(H,14,16,17);2*1H. The normalized spacial score (nSPS) is 14.7. The summed E-state index contributed by atoms with van der Waals surface area (Å²) >= 11 is 1.29. The Morgan fingerprint density at radius 1 is 1.30 bits per heavy atom. The summed E-state index contributed by atoms with van der Waals surface area (Å²) in [6, 6.07) is 5.55. The molecule has 1 amide bonds. The fourth-order valence-corrected chi connectivity index (χ4v) is 2.17. The maximum atomic E-state index is 11.7. The van der Waals surface area contributed by atoms with Gasteiger partial charge in [-0.15, -0.1) is 35.0 Å². The Labute approximate surface area is 132 Å². The van der Waals surface area contributed by atoms with Crippen LogP contribution in [0.2, 0.25) is 0 Å². The second-order valence-electron chi connectivity index (χ2n) is 4.24. The largest absolute Gasteiger partial charge is 0.317 e. The number of nitrogens with two attached hydrogens (primary N) is 1. The maximum absolute atomic E-state index is 11.7. The van der Waals surface area contributed by atoms with E-state index in [0.29, 0.717) is 10.1 Å². The van der Waals surface area contributed by atoms with Gasteiger partial charge in [-0.25, -0.2) is 0 Å². The number of anilines is 1. The van der Waals surface area contributed by atoms with E-state index in [-0.39, 0.29) is 30.7 Å². The minimum absolute atomic E-state index is 0. The van der Waals surface area contributed by atoms with Gasteiger partial charge in [0.05, 0.1) is 5.54 Å². The molecule has 0 radical (unpaired) electrons. The van der Waals surface area contributed by atoms with Crippen LogP contribution < -0.4 is 11.1 Å². The van der Waals surface area contributed by atoms with Crippen molar-refractivity contribution in [1.29, 1.82) is 0 Å². The van der Waals surface area contributed by atoms with Gasteiger partial charge in [-0.1, -0.05) is 17.4 Å². The zero-order valence-corrected chi connectivity index (χ0v) is 12.7. The highest BCUT2D eigenvalue weighted by Crippen LogP contribution is 2.34. The Morgan fingerprint density at radius 2 is 2.05 bits per heavy atom. The van der Waals surface area contributed by atoms with Crippen LogP contribution in [0, 0.1) is 0 Å². The van der Waals surface area contributed by atoms with E-state index in [2.05, 4.69) is 20.5 Å². The van der Waals surface area contributed by atoms with Crippen LogP contribution in [0.1, 0.15) is 12.8 Å². The van der Waals surface area contributed by atoms with Crippen LogP contribution in [0.4, 0.5) is 5.13 Å².